The van der Waals surface area contributed by atoms with Crippen LogP contribution in [0.25, 0.3) is 0 Å². The van der Waals surface area contributed by atoms with Gasteiger partial charge in [0.25, 0.3) is 5.97 Å². The Morgan fingerprint density at radius 2 is 1.70 bits per heavy atom. The Morgan fingerprint density at radius 1 is 1.20 bits per heavy atom. The molecule has 3 heteroatoms. The normalized spacial score (nSPS) is 12.8. The van der Waals surface area contributed by atoms with Crippen molar-refractivity contribution in [1.82, 2.24) is 0 Å². The molecule has 3 nitrogen and oxygen atoms in total. The molecule has 0 rings (SSSR count). The molecular weight excluding hydrogens is 252 g/mol. The lowest BCUT2D eigenvalue weighted by molar-refractivity contribution is -0.134. The van der Waals surface area contributed by atoms with Crippen LogP contribution in [0.2, 0.25) is 0 Å². The van der Waals surface area contributed by atoms with Crippen LogP contribution in [0.3, 0.4) is 0 Å². The Morgan fingerprint density at radius 3 is 2.10 bits per heavy atom. The number of unbranched alkanes of at least 4 members (excludes halogenated alkanes) is 1. The molecule has 0 spiro atoms. The number of aliphatic hydroxyl groups is 1. The molecule has 0 saturated carbocycles. The van der Waals surface area contributed by atoms with E-state index in [1.54, 1.807) is 0 Å². The van der Waals surface area contributed by atoms with Crippen molar-refractivity contribution >= 4 is 5.97 Å². The fourth-order valence-corrected chi connectivity index (χ4v) is 1.93. The van der Waals surface area contributed by atoms with Gasteiger partial charge < -0.3 is 10.2 Å². The third kappa shape index (κ3) is 16.9. The molecule has 0 bridgehead atoms. The van der Waals surface area contributed by atoms with Crippen LogP contribution in [0, 0.1) is 5.92 Å². The highest BCUT2D eigenvalue weighted by atomic mass is 16.4. The Bertz CT molecular complexity index is 267. The van der Waals surface area contributed by atoms with Crippen molar-refractivity contribution in [3.05, 3.63) is 24.8 Å². The monoisotopic (exact) mass is 284 g/mol. The summed E-state index contributed by atoms with van der Waals surface area (Å²) in [5.74, 6) is -0.197. The summed E-state index contributed by atoms with van der Waals surface area (Å²) in [6.45, 7) is 13.1. The number of carboxylic acids is 1. The number of carbonyl (C=O) groups is 1. The molecule has 2 N–H and O–H groups in total. The highest BCUT2D eigenvalue weighted by Gasteiger charge is 2.08. The molecule has 0 heterocycles. The number of hydrogen-bond donors (Lipinski definition) is 2. The second-order valence-corrected chi connectivity index (χ2v) is 5.27. The average molecular weight is 284 g/mol. The van der Waals surface area contributed by atoms with Crippen LogP contribution < -0.4 is 0 Å². The van der Waals surface area contributed by atoms with Crippen molar-refractivity contribution in [2.75, 3.05) is 0 Å². The lowest BCUT2D eigenvalue weighted by Gasteiger charge is -2.16. The molecule has 2 unspecified atom stereocenters. The average Bonchev–Trinajstić information content (AvgIpc) is 2.36. The van der Waals surface area contributed by atoms with Gasteiger partial charge in [-0.05, 0) is 44.9 Å². The molecule has 0 fully saturated rings. The third-order valence-electron chi connectivity index (χ3n) is 3.23. The molecule has 0 radical (unpaired) electrons. The van der Waals surface area contributed by atoms with Gasteiger partial charge in [0.2, 0.25) is 0 Å². The van der Waals surface area contributed by atoms with Crippen LogP contribution in [0.4, 0.5) is 0 Å². The van der Waals surface area contributed by atoms with Crippen molar-refractivity contribution in [2.24, 2.45) is 5.92 Å². The maximum Gasteiger partial charge on any atom is 0.300 e. The summed E-state index contributed by atoms with van der Waals surface area (Å²) in [6.07, 6.45) is 9.50. The van der Waals surface area contributed by atoms with Crippen LogP contribution in [-0.4, -0.2) is 22.3 Å². The van der Waals surface area contributed by atoms with Gasteiger partial charge in [-0.3, -0.25) is 4.79 Å². The SMILES string of the molecule is C=CCCC(CCCCC(O)CC)C(=C)C.CC(=O)O. The molecule has 118 valence electrons. The predicted octanol–water partition coefficient (Wildman–Crippen LogP) is 4.57. The van der Waals surface area contributed by atoms with Gasteiger partial charge in [0.05, 0.1) is 6.10 Å². The highest BCUT2D eigenvalue weighted by Crippen LogP contribution is 2.22. The summed E-state index contributed by atoms with van der Waals surface area (Å²) in [5.41, 5.74) is 1.29. The highest BCUT2D eigenvalue weighted by molar-refractivity contribution is 5.62. The minimum atomic E-state index is -0.833. The zero-order chi connectivity index (χ0) is 16.0. The van der Waals surface area contributed by atoms with E-state index in [2.05, 4.69) is 20.1 Å². The number of rotatable bonds is 10. The van der Waals surface area contributed by atoms with E-state index in [1.807, 2.05) is 13.0 Å². The van der Waals surface area contributed by atoms with Gasteiger partial charge in [-0.1, -0.05) is 38.0 Å². The van der Waals surface area contributed by atoms with Crippen LogP contribution in [0.5, 0.6) is 0 Å². The summed E-state index contributed by atoms with van der Waals surface area (Å²) in [6, 6.07) is 0. The smallest absolute Gasteiger partial charge is 0.300 e. The quantitative estimate of drug-likeness (QED) is 0.456. The number of aliphatic carboxylic acids is 1. The first-order valence-electron chi connectivity index (χ1n) is 7.48. The van der Waals surface area contributed by atoms with Crippen LogP contribution >= 0.6 is 0 Å². The summed E-state index contributed by atoms with van der Waals surface area (Å²) in [4.78, 5) is 9.00. The second-order valence-electron chi connectivity index (χ2n) is 5.27. The first-order chi connectivity index (χ1) is 9.34. The van der Waals surface area contributed by atoms with Crippen molar-refractivity contribution in [1.29, 1.82) is 0 Å². The predicted molar refractivity (Wildman–Crippen MR) is 85.8 cm³/mol. The zero-order valence-corrected chi connectivity index (χ0v) is 13.4. The first kappa shape index (κ1) is 21.2. The fourth-order valence-electron chi connectivity index (χ4n) is 1.93. The molecule has 20 heavy (non-hydrogen) atoms. The lowest BCUT2D eigenvalue weighted by atomic mass is 9.90. The minimum Gasteiger partial charge on any atom is -0.481 e. The molecular formula is C17H32O3. The van der Waals surface area contributed by atoms with E-state index in [-0.39, 0.29) is 6.10 Å². The van der Waals surface area contributed by atoms with Crippen molar-refractivity contribution in [3.8, 4) is 0 Å². The lowest BCUT2D eigenvalue weighted by Crippen LogP contribution is -2.05. The summed E-state index contributed by atoms with van der Waals surface area (Å²) < 4.78 is 0. The second kappa shape index (κ2) is 14.3. The summed E-state index contributed by atoms with van der Waals surface area (Å²) in [5, 5.41) is 16.9. The number of allylic oxidation sites excluding steroid dienone is 2. The Kier molecular flexibility index (Phi) is 15.2. The topological polar surface area (TPSA) is 57.5 Å². The zero-order valence-electron chi connectivity index (χ0n) is 13.4. The molecule has 0 aromatic heterocycles. The van der Waals surface area contributed by atoms with E-state index in [1.165, 1.54) is 24.8 Å². The third-order valence-corrected chi connectivity index (χ3v) is 3.23. The number of carboxylic acid groups (broad SMARTS) is 1. The van der Waals surface area contributed by atoms with Gasteiger partial charge >= 0.3 is 0 Å². The van der Waals surface area contributed by atoms with Crippen molar-refractivity contribution < 1.29 is 15.0 Å². The van der Waals surface area contributed by atoms with Crippen molar-refractivity contribution in [3.63, 3.8) is 0 Å². The van der Waals surface area contributed by atoms with E-state index < -0.39 is 5.97 Å². The van der Waals surface area contributed by atoms with Gasteiger partial charge in [-0.25, -0.2) is 0 Å². The van der Waals surface area contributed by atoms with E-state index in [0.717, 1.165) is 32.6 Å². The van der Waals surface area contributed by atoms with Gasteiger partial charge in [0.15, 0.2) is 0 Å². The van der Waals surface area contributed by atoms with E-state index in [9.17, 15) is 5.11 Å². The Labute approximate surface area is 124 Å². The van der Waals surface area contributed by atoms with Crippen LogP contribution in [0.1, 0.15) is 65.7 Å². The van der Waals surface area contributed by atoms with Crippen molar-refractivity contribution in [2.45, 2.75) is 71.8 Å². The molecule has 0 aromatic rings. The van der Waals surface area contributed by atoms with E-state index in [4.69, 9.17) is 9.90 Å². The number of aliphatic hydroxyl groups excluding tert-OH is 1. The Hall–Kier alpha value is -1.09. The summed E-state index contributed by atoms with van der Waals surface area (Å²) in [7, 11) is 0. The maximum atomic E-state index is 9.44. The van der Waals surface area contributed by atoms with E-state index >= 15 is 0 Å². The largest absolute Gasteiger partial charge is 0.481 e. The molecule has 0 aliphatic heterocycles. The van der Waals surface area contributed by atoms with Gasteiger partial charge in [-0.15, -0.1) is 6.58 Å². The van der Waals surface area contributed by atoms with Gasteiger partial charge in [-0.2, -0.15) is 0 Å². The van der Waals surface area contributed by atoms with Gasteiger partial charge in [0, 0.05) is 6.92 Å². The molecule has 0 saturated heterocycles. The molecule has 2 atom stereocenters. The van der Waals surface area contributed by atoms with Crippen LogP contribution in [-0.2, 0) is 4.79 Å². The Balaban J connectivity index is 0. The summed E-state index contributed by atoms with van der Waals surface area (Å²) >= 11 is 0. The molecule has 0 aliphatic rings. The van der Waals surface area contributed by atoms with Gasteiger partial charge in [0.1, 0.15) is 0 Å². The molecule has 0 aromatic carbocycles. The minimum absolute atomic E-state index is 0.101. The number of hydrogen-bond acceptors (Lipinski definition) is 2. The van der Waals surface area contributed by atoms with Crippen LogP contribution in [0.15, 0.2) is 24.8 Å². The van der Waals surface area contributed by atoms with E-state index in [0.29, 0.717) is 5.92 Å². The maximum absolute atomic E-state index is 9.44. The standard InChI is InChI=1S/C15H28O.C2H4O2/c1-5-7-10-14(13(3)4)11-8-9-12-15(16)6-2;1-2(3)4/h5,14-16H,1,3,6-12H2,2,4H3;1H3,(H,3,4). The molecule has 0 amide bonds. The first-order valence-corrected chi connectivity index (χ1v) is 7.48. The fraction of sp³-hybridized carbons (Fsp3) is 0.706. The molecule has 0 aliphatic carbocycles.